The van der Waals surface area contributed by atoms with E-state index in [-0.39, 0.29) is 0 Å². The minimum absolute atomic E-state index is 0.770. The van der Waals surface area contributed by atoms with Crippen LogP contribution in [0.4, 0.5) is 0 Å². The zero-order valence-corrected chi connectivity index (χ0v) is 13.9. The summed E-state index contributed by atoms with van der Waals surface area (Å²) in [4.78, 5) is 12.6. The van der Waals surface area contributed by atoms with Gasteiger partial charge >= 0.3 is 0 Å². The minimum Gasteiger partial charge on any atom is -0.338 e. The van der Waals surface area contributed by atoms with Crippen molar-refractivity contribution in [3.63, 3.8) is 0 Å². The Balaban J connectivity index is 1.73. The molecule has 5 rings (SSSR count). The second-order valence-electron chi connectivity index (χ2n) is 5.99. The minimum atomic E-state index is 0.770. The van der Waals surface area contributed by atoms with Crippen LogP contribution in [0.15, 0.2) is 85.2 Å². The number of pyridine rings is 1. The van der Waals surface area contributed by atoms with Crippen LogP contribution in [0.5, 0.6) is 0 Å². The average molecular weight is 337 g/mol. The van der Waals surface area contributed by atoms with Crippen LogP contribution in [0.3, 0.4) is 0 Å². The molecule has 0 saturated heterocycles. The topological polar surface area (TPSA) is 59.4 Å². The maximum atomic E-state index is 4.79. The lowest BCUT2D eigenvalue weighted by Gasteiger charge is -1.99. The van der Waals surface area contributed by atoms with E-state index in [2.05, 4.69) is 22.1 Å². The lowest BCUT2D eigenvalue weighted by molar-refractivity contribution is 0.850. The van der Waals surface area contributed by atoms with Crippen molar-refractivity contribution in [2.45, 2.75) is 0 Å². The van der Waals surface area contributed by atoms with Gasteiger partial charge in [0.15, 0.2) is 5.82 Å². The zero-order chi connectivity index (χ0) is 17.3. The number of rotatable bonds is 3. The van der Waals surface area contributed by atoms with Crippen LogP contribution < -0.4 is 0 Å². The summed E-state index contributed by atoms with van der Waals surface area (Å²) in [6, 6.07) is 23.9. The monoisotopic (exact) mass is 337 g/mol. The van der Waals surface area contributed by atoms with Crippen LogP contribution >= 0.6 is 0 Å². The second kappa shape index (κ2) is 5.97. The van der Waals surface area contributed by atoms with E-state index in [0.717, 1.165) is 39.5 Å². The van der Waals surface area contributed by atoms with E-state index < -0.39 is 0 Å². The van der Waals surface area contributed by atoms with Crippen molar-refractivity contribution in [1.82, 2.24) is 24.7 Å². The number of nitrogens with zero attached hydrogens (tertiary/aromatic N) is 4. The van der Waals surface area contributed by atoms with Gasteiger partial charge in [0.1, 0.15) is 11.5 Å². The molecular weight excluding hydrogens is 322 g/mol. The zero-order valence-electron chi connectivity index (χ0n) is 13.9. The van der Waals surface area contributed by atoms with E-state index in [9.17, 15) is 0 Å². The molecule has 0 spiro atoms. The number of para-hydroxylation sites is 2. The highest BCUT2D eigenvalue weighted by atomic mass is 15.3. The third-order valence-electron chi connectivity index (χ3n) is 4.29. The quantitative estimate of drug-likeness (QED) is 0.528. The third kappa shape index (κ3) is 2.46. The molecule has 5 heteroatoms. The molecule has 0 bridgehead atoms. The van der Waals surface area contributed by atoms with Gasteiger partial charge in [0.05, 0.1) is 16.6 Å². The molecule has 0 unspecified atom stereocenters. The number of fused-ring (bicyclic) bond motifs is 1. The maximum absolute atomic E-state index is 4.79. The molecule has 0 aliphatic carbocycles. The Kier molecular flexibility index (Phi) is 3.35. The Morgan fingerprint density at radius 3 is 2.42 bits per heavy atom. The summed E-state index contributed by atoms with van der Waals surface area (Å²) in [5, 5.41) is 4.79. The predicted molar refractivity (Wildman–Crippen MR) is 102 cm³/mol. The Morgan fingerprint density at radius 2 is 1.62 bits per heavy atom. The van der Waals surface area contributed by atoms with Crippen molar-refractivity contribution >= 4 is 11.0 Å². The molecule has 0 fully saturated rings. The molecule has 0 aliphatic heterocycles. The van der Waals surface area contributed by atoms with Gasteiger partial charge in [-0.3, -0.25) is 0 Å². The Morgan fingerprint density at radius 1 is 0.808 bits per heavy atom. The Labute approximate surface area is 150 Å². The van der Waals surface area contributed by atoms with Gasteiger partial charge in [0.25, 0.3) is 0 Å². The average Bonchev–Trinajstić information content (AvgIpc) is 3.33. The number of imidazole rings is 1. The summed E-state index contributed by atoms with van der Waals surface area (Å²) in [6.07, 6.45) is 3.74. The first kappa shape index (κ1) is 14.6. The summed E-state index contributed by atoms with van der Waals surface area (Å²) < 4.78 is 1.80. The predicted octanol–water partition coefficient (Wildman–Crippen LogP) is 4.48. The van der Waals surface area contributed by atoms with Crippen LogP contribution in [0, 0.1) is 0 Å². The van der Waals surface area contributed by atoms with Gasteiger partial charge in [-0.25, -0.2) is 14.6 Å². The largest absolute Gasteiger partial charge is 0.338 e. The number of hydrogen-bond acceptors (Lipinski definition) is 3. The second-order valence-corrected chi connectivity index (χ2v) is 5.99. The molecular formula is C21H15N5. The number of benzene rings is 2. The van der Waals surface area contributed by atoms with Crippen molar-refractivity contribution in [1.29, 1.82) is 0 Å². The molecule has 0 atom stereocenters. The lowest BCUT2D eigenvalue weighted by atomic mass is 10.1. The molecule has 1 N–H and O–H groups in total. The van der Waals surface area contributed by atoms with Crippen LogP contribution in [0.1, 0.15) is 0 Å². The third-order valence-corrected chi connectivity index (χ3v) is 4.29. The summed E-state index contributed by atoms with van der Waals surface area (Å²) in [5.41, 5.74) is 4.80. The first-order chi connectivity index (χ1) is 12.9. The number of nitrogens with one attached hydrogen (secondary N) is 1. The fraction of sp³-hybridized carbons (Fsp3) is 0. The van der Waals surface area contributed by atoms with Gasteiger partial charge in [-0.05, 0) is 24.3 Å². The number of aromatic amines is 1. The summed E-state index contributed by atoms with van der Waals surface area (Å²) >= 11 is 0. The van der Waals surface area contributed by atoms with Gasteiger partial charge < -0.3 is 4.98 Å². The maximum Gasteiger partial charge on any atom is 0.153 e. The van der Waals surface area contributed by atoms with Crippen LogP contribution in [-0.2, 0) is 0 Å². The van der Waals surface area contributed by atoms with E-state index in [0.29, 0.717) is 0 Å². The molecule has 5 nitrogen and oxygen atoms in total. The van der Waals surface area contributed by atoms with Gasteiger partial charge in [0.2, 0.25) is 0 Å². The molecule has 0 amide bonds. The molecule has 2 aromatic carbocycles. The first-order valence-corrected chi connectivity index (χ1v) is 8.40. The molecule has 0 aliphatic rings. The summed E-state index contributed by atoms with van der Waals surface area (Å²) in [6.45, 7) is 0. The van der Waals surface area contributed by atoms with Crippen molar-refractivity contribution in [3.8, 4) is 28.5 Å². The van der Waals surface area contributed by atoms with E-state index in [1.54, 1.807) is 10.9 Å². The van der Waals surface area contributed by atoms with Gasteiger partial charge in [-0.1, -0.05) is 48.5 Å². The normalized spacial score (nSPS) is 11.1. The summed E-state index contributed by atoms with van der Waals surface area (Å²) in [7, 11) is 0. The number of aromatic nitrogens is 5. The molecule has 5 aromatic rings. The molecule has 0 radical (unpaired) electrons. The summed E-state index contributed by atoms with van der Waals surface area (Å²) in [5.74, 6) is 1.57. The van der Waals surface area contributed by atoms with E-state index in [1.165, 1.54) is 0 Å². The standard InChI is InChI=1S/C21H15N5/c1-2-8-15(9-3-1)20-16(14-26(25-20)19-12-6-7-13-22-19)21-23-17-10-4-5-11-18(17)24-21/h1-14H,(H,23,24). The number of hydrogen-bond donors (Lipinski definition) is 1. The molecule has 3 heterocycles. The molecule has 3 aromatic heterocycles. The fourth-order valence-electron chi connectivity index (χ4n) is 3.04. The Bertz CT molecular complexity index is 1140. The fourth-order valence-corrected chi connectivity index (χ4v) is 3.04. The molecule has 26 heavy (non-hydrogen) atoms. The highest BCUT2D eigenvalue weighted by Crippen LogP contribution is 2.31. The highest BCUT2D eigenvalue weighted by molar-refractivity contribution is 5.84. The van der Waals surface area contributed by atoms with Gasteiger partial charge in [0, 0.05) is 18.0 Å². The SMILES string of the molecule is c1ccc(-c2nn(-c3ccccn3)cc2-c2nc3ccccc3[nH]2)cc1. The van der Waals surface area contributed by atoms with Crippen LogP contribution in [0.2, 0.25) is 0 Å². The van der Waals surface area contributed by atoms with E-state index in [1.807, 2.05) is 66.9 Å². The van der Waals surface area contributed by atoms with Crippen LogP contribution in [0.25, 0.3) is 39.5 Å². The highest BCUT2D eigenvalue weighted by Gasteiger charge is 2.17. The van der Waals surface area contributed by atoms with Gasteiger partial charge in [-0.2, -0.15) is 5.10 Å². The molecule has 124 valence electrons. The van der Waals surface area contributed by atoms with Crippen molar-refractivity contribution in [3.05, 3.63) is 85.2 Å². The van der Waals surface area contributed by atoms with Crippen molar-refractivity contribution in [2.24, 2.45) is 0 Å². The Hall–Kier alpha value is -3.73. The lowest BCUT2D eigenvalue weighted by Crippen LogP contribution is -1.97. The smallest absolute Gasteiger partial charge is 0.153 e. The van der Waals surface area contributed by atoms with E-state index >= 15 is 0 Å². The van der Waals surface area contributed by atoms with E-state index in [4.69, 9.17) is 10.1 Å². The first-order valence-electron chi connectivity index (χ1n) is 8.40. The molecule has 0 saturated carbocycles. The van der Waals surface area contributed by atoms with Crippen molar-refractivity contribution < 1.29 is 0 Å². The van der Waals surface area contributed by atoms with Crippen molar-refractivity contribution in [2.75, 3.05) is 0 Å². The number of H-pyrrole nitrogens is 1. The van der Waals surface area contributed by atoms with Crippen LogP contribution in [-0.4, -0.2) is 24.7 Å². The van der Waals surface area contributed by atoms with Gasteiger partial charge in [-0.15, -0.1) is 0 Å².